The summed E-state index contributed by atoms with van der Waals surface area (Å²) in [5, 5.41) is 12.2. The van der Waals surface area contributed by atoms with Crippen LogP contribution in [0.4, 0.5) is 5.69 Å². The molecule has 1 aliphatic rings. The maximum Gasteiger partial charge on any atom is 0.308 e. The third kappa shape index (κ3) is 5.19. The van der Waals surface area contributed by atoms with E-state index in [4.69, 9.17) is 16.7 Å². The number of hydrogen-bond donors (Lipinski definition) is 2. The largest absolute Gasteiger partial charge is 0.481 e. The van der Waals surface area contributed by atoms with E-state index in [1.165, 1.54) is 4.90 Å². The van der Waals surface area contributed by atoms with Gasteiger partial charge in [-0.1, -0.05) is 25.4 Å². The number of nitrogens with one attached hydrogen (secondary N) is 1. The van der Waals surface area contributed by atoms with Crippen LogP contribution < -0.4 is 5.32 Å². The summed E-state index contributed by atoms with van der Waals surface area (Å²) in [7, 11) is 0. The number of piperidine rings is 1. The van der Waals surface area contributed by atoms with Crippen molar-refractivity contribution in [1.29, 1.82) is 0 Å². The van der Waals surface area contributed by atoms with Gasteiger partial charge in [-0.2, -0.15) is 0 Å². The highest BCUT2D eigenvalue weighted by atomic mass is 35.5. The normalized spacial score (nSPS) is 17.4. The van der Waals surface area contributed by atoms with Gasteiger partial charge in [0.1, 0.15) is 0 Å². The van der Waals surface area contributed by atoms with Crippen LogP contribution in [0.25, 0.3) is 0 Å². The minimum atomic E-state index is -0.890. The fraction of sp³-hybridized carbons (Fsp3) is 0.500. The average Bonchev–Trinajstić information content (AvgIpc) is 2.55. The predicted molar refractivity (Wildman–Crippen MR) is 95.8 cm³/mol. The second-order valence-electron chi connectivity index (χ2n) is 6.77. The lowest BCUT2D eigenvalue weighted by Crippen LogP contribution is -2.42. The van der Waals surface area contributed by atoms with Gasteiger partial charge in [0.05, 0.1) is 16.5 Å². The van der Waals surface area contributed by atoms with E-state index in [0.717, 1.165) is 0 Å². The molecule has 1 saturated heterocycles. The highest BCUT2D eigenvalue weighted by Gasteiger charge is 2.29. The number of carboxylic acids is 1. The number of carbonyl (C=O) groups excluding carboxylic acids is 2. The Morgan fingerprint density at radius 3 is 2.72 bits per heavy atom. The summed E-state index contributed by atoms with van der Waals surface area (Å²) in [6, 6.07) is 4.76. The van der Waals surface area contributed by atoms with Gasteiger partial charge in [0.2, 0.25) is 5.91 Å². The van der Waals surface area contributed by atoms with Crippen molar-refractivity contribution < 1.29 is 19.5 Å². The van der Waals surface area contributed by atoms with Gasteiger partial charge in [-0.25, -0.2) is 0 Å². The summed E-state index contributed by atoms with van der Waals surface area (Å²) >= 11 is 6.15. The summed E-state index contributed by atoms with van der Waals surface area (Å²) in [4.78, 5) is 37.3. The number of halogens is 1. The second-order valence-corrected chi connectivity index (χ2v) is 7.18. The Kier molecular flexibility index (Phi) is 6.42. The molecule has 2 rings (SSSR count). The maximum absolute atomic E-state index is 12.7. The van der Waals surface area contributed by atoms with Gasteiger partial charge in [0, 0.05) is 25.2 Å². The highest BCUT2D eigenvalue weighted by Crippen LogP contribution is 2.25. The fourth-order valence-electron chi connectivity index (χ4n) is 2.88. The molecule has 0 radical (unpaired) electrons. The monoisotopic (exact) mass is 366 g/mol. The van der Waals surface area contributed by atoms with Crippen molar-refractivity contribution in [3.8, 4) is 0 Å². The topological polar surface area (TPSA) is 86.7 Å². The molecule has 0 bridgehead atoms. The molecule has 1 aromatic rings. The van der Waals surface area contributed by atoms with Crippen LogP contribution in [-0.2, 0) is 9.59 Å². The minimum Gasteiger partial charge on any atom is -0.481 e. The van der Waals surface area contributed by atoms with Gasteiger partial charge in [0.25, 0.3) is 5.91 Å². The lowest BCUT2D eigenvalue weighted by molar-refractivity contribution is -0.143. The van der Waals surface area contributed by atoms with Gasteiger partial charge in [-0.15, -0.1) is 0 Å². The Balaban J connectivity index is 2.14. The van der Waals surface area contributed by atoms with Crippen molar-refractivity contribution in [2.24, 2.45) is 11.8 Å². The molecule has 0 aromatic heterocycles. The number of anilines is 1. The standard InChI is InChI=1S/C18H23ClN2O4/c1-11(2)8-16(22)20-13-5-6-15(19)14(9-13)17(23)21-7-3-4-12(10-21)18(24)25/h5-6,9,11-12H,3-4,7-8,10H2,1-2H3,(H,20,22)(H,24,25)/t12-/m0/s1. The van der Waals surface area contributed by atoms with Crippen LogP contribution in [0.15, 0.2) is 18.2 Å². The Hall–Kier alpha value is -2.08. The zero-order valence-electron chi connectivity index (χ0n) is 14.4. The smallest absolute Gasteiger partial charge is 0.308 e. The number of rotatable bonds is 5. The molecule has 2 N–H and O–H groups in total. The van der Waals surface area contributed by atoms with Crippen LogP contribution in [0, 0.1) is 11.8 Å². The third-order valence-electron chi connectivity index (χ3n) is 4.13. The van der Waals surface area contributed by atoms with Crippen LogP contribution in [0.2, 0.25) is 5.02 Å². The van der Waals surface area contributed by atoms with Crippen molar-refractivity contribution >= 4 is 35.1 Å². The number of nitrogens with zero attached hydrogens (tertiary/aromatic N) is 1. The molecule has 1 fully saturated rings. The van der Waals surface area contributed by atoms with Crippen molar-refractivity contribution in [1.82, 2.24) is 4.90 Å². The number of carbonyl (C=O) groups is 3. The van der Waals surface area contributed by atoms with E-state index in [1.807, 2.05) is 13.8 Å². The van der Waals surface area contributed by atoms with E-state index in [2.05, 4.69) is 5.32 Å². The van der Waals surface area contributed by atoms with E-state index in [0.29, 0.717) is 31.5 Å². The Labute approximate surface area is 152 Å². The maximum atomic E-state index is 12.7. The van der Waals surface area contributed by atoms with Crippen molar-refractivity contribution in [2.45, 2.75) is 33.1 Å². The van der Waals surface area contributed by atoms with Gasteiger partial charge >= 0.3 is 5.97 Å². The number of likely N-dealkylation sites (tertiary alicyclic amines) is 1. The Bertz CT molecular complexity index is 675. The third-order valence-corrected chi connectivity index (χ3v) is 4.46. The molecule has 136 valence electrons. The molecule has 0 unspecified atom stereocenters. The highest BCUT2D eigenvalue weighted by molar-refractivity contribution is 6.34. The first kappa shape index (κ1) is 19.2. The Morgan fingerprint density at radius 2 is 2.08 bits per heavy atom. The molecule has 0 saturated carbocycles. The molecule has 6 nitrogen and oxygen atoms in total. The van der Waals surface area contributed by atoms with Crippen molar-refractivity contribution in [3.63, 3.8) is 0 Å². The zero-order valence-corrected chi connectivity index (χ0v) is 15.2. The van der Waals surface area contributed by atoms with Gasteiger partial charge in [-0.05, 0) is 37.0 Å². The SMILES string of the molecule is CC(C)CC(=O)Nc1ccc(Cl)c(C(=O)N2CCC[C@H](C(=O)O)C2)c1. The van der Waals surface area contributed by atoms with Crippen molar-refractivity contribution in [3.05, 3.63) is 28.8 Å². The molecule has 1 heterocycles. The van der Waals surface area contributed by atoms with Crippen LogP contribution in [0.5, 0.6) is 0 Å². The molecule has 1 aliphatic heterocycles. The zero-order chi connectivity index (χ0) is 18.6. The molecule has 25 heavy (non-hydrogen) atoms. The molecule has 7 heteroatoms. The first-order valence-electron chi connectivity index (χ1n) is 8.39. The van der Waals surface area contributed by atoms with E-state index in [9.17, 15) is 14.4 Å². The lowest BCUT2D eigenvalue weighted by Gasteiger charge is -2.31. The second kappa shape index (κ2) is 8.34. The summed E-state index contributed by atoms with van der Waals surface area (Å²) in [5.41, 5.74) is 0.778. The van der Waals surface area contributed by atoms with Crippen LogP contribution >= 0.6 is 11.6 Å². The van der Waals surface area contributed by atoms with Gasteiger partial charge in [0.15, 0.2) is 0 Å². The first-order chi connectivity index (χ1) is 11.8. The van der Waals surface area contributed by atoms with Crippen LogP contribution in [0.1, 0.15) is 43.5 Å². The van der Waals surface area contributed by atoms with Crippen LogP contribution in [0.3, 0.4) is 0 Å². The summed E-state index contributed by atoms with van der Waals surface area (Å²) in [6.45, 7) is 4.58. The van der Waals surface area contributed by atoms with Gasteiger partial charge in [-0.3, -0.25) is 14.4 Å². The predicted octanol–water partition coefficient (Wildman–Crippen LogP) is 3.26. The number of benzene rings is 1. The molecular formula is C18H23ClN2O4. The summed E-state index contributed by atoms with van der Waals surface area (Å²) < 4.78 is 0. The van der Waals surface area contributed by atoms with Gasteiger partial charge < -0.3 is 15.3 Å². The number of hydrogen-bond acceptors (Lipinski definition) is 3. The quantitative estimate of drug-likeness (QED) is 0.837. The lowest BCUT2D eigenvalue weighted by atomic mass is 9.97. The molecular weight excluding hydrogens is 344 g/mol. The average molecular weight is 367 g/mol. The number of aliphatic carboxylic acids is 1. The number of amides is 2. The summed E-state index contributed by atoms with van der Waals surface area (Å²) in [5.74, 6) is -1.64. The molecule has 0 aliphatic carbocycles. The molecule has 1 aromatic carbocycles. The number of carboxylic acid groups (broad SMARTS) is 1. The van der Waals surface area contributed by atoms with E-state index in [1.54, 1.807) is 18.2 Å². The van der Waals surface area contributed by atoms with Crippen molar-refractivity contribution in [2.75, 3.05) is 18.4 Å². The fourth-order valence-corrected chi connectivity index (χ4v) is 3.08. The molecule has 2 amide bonds. The molecule has 0 spiro atoms. The summed E-state index contributed by atoms with van der Waals surface area (Å²) in [6.07, 6.45) is 1.60. The Morgan fingerprint density at radius 1 is 1.36 bits per heavy atom. The van der Waals surface area contributed by atoms with E-state index < -0.39 is 11.9 Å². The minimum absolute atomic E-state index is 0.125. The van der Waals surface area contributed by atoms with E-state index >= 15 is 0 Å². The molecule has 1 atom stereocenters. The first-order valence-corrected chi connectivity index (χ1v) is 8.77. The van der Waals surface area contributed by atoms with Crippen LogP contribution in [-0.4, -0.2) is 40.9 Å². The van der Waals surface area contributed by atoms with E-state index in [-0.39, 0.29) is 34.9 Å².